The fourth-order valence-electron chi connectivity index (χ4n) is 2.03. The first-order chi connectivity index (χ1) is 8.96. The van der Waals surface area contributed by atoms with Crippen LogP contribution in [0.5, 0.6) is 0 Å². The van der Waals surface area contributed by atoms with E-state index in [1.807, 2.05) is 6.92 Å². The monoisotopic (exact) mass is 309 g/mol. The van der Waals surface area contributed by atoms with E-state index in [0.29, 0.717) is 31.1 Å². The summed E-state index contributed by atoms with van der Waals surface area (Å²) in [5.41, 5.74) is 0. The predicted octanol–water partition coefficient (Wildman–Crippen LogP) is 0.431. The minimum atomic E-state index is -2.86. The van der Waals surface area contributed by atoms with Crippen molar-refractivity contribution in [1.29, 1.82) is 0 Å². The van der Waals surface area contributed by atoms with Crippen LogP contribution in [-0.4, -0.2) is 55.1 Å². The Kier molecular flexibility index (Phi) is 7.17. The second kappa shape index (κ2) is 8.11. The SMILES string of the molecule is CCC(CCO)CNC(=O)CSC1CCS(=O)(=O)C1. The van der Waals surface area contributed by atoms with Gasteiger partial charge in [-0.05, 0) is 18.8 Å². The Balaban J connectivity index is 2.18. The van der Waals surface area contributed by atoms with Gasteiger partial charge < -0.3 is 10.4 Å². The lowest BCUT2D eigenvalue weighted by Gasteiger charge is -2.14. The Morgan fingerprint density at radius 1 is 1.53 bits per heavy atom. The fourth-order valence-corrected chi connectivity index (χ4v) is 5.50. The molecular weight excluding hydrogens is 286 g/mol. The lowest BCUT2D eigenvalue weighted by Crippen LogP contribution is -2.31. The summed E-state index contributed by atoms with van der Waals surface area (Å²) in [6, 6.07) is 0. The van der Waals surface area contributed by atoms with Gasteiger partial charge in [-0.1, -0.05) is 13.3 Å². The lowest BCUT2D eigenvalue weighted by atomic mass is 10.0. The molecule has 0 aliphatic carbocycles. The summed E-state index contributed by atoms with van der Waals surface area (Å²) < 4.78 is 22.5. The molecule has 7 heteroatoms. The molecule has 1 heterocycles. The van der Waals surface area contributed by atoms with Gasteiger partial charge in [-0.2, -0.15) is 0 Å². The first-order valence-corrected chi connectivity index (χ1v) is 9.53. The second-order valence-electron chi connectivity index (χ2n) is 4.93. The molecule has 1 aliphatic heterocycles. The maximum absolute atomic E-state index is 11.6. The molecule has 19 heavy (non-hydrogen) atoms. The highest BCUT2D eigenvalue weighted by Crippen LogP contribution is 2.23. The highest BCUT2D eigenvalue weighted by Gasteiger charge is 2.28. The molecule has 1 fully saturated rings. The van der Waals surface area contributed by atoms with Crippen LogP contribution in [0.3, 0.4) is 0 Å². The van der Waals surface area contributed by atoms with E-state index in [4.69, 9.17) is 5.11 Å². The van der Waals surface area contributed by atoms with Gasteiger partial charge >= 0.3 is 0 Å². The fraction of sp³-hybridized carbons (Fsp3) is 0.917. The third kappa shape index (κ3) is 6.63. The summed E-state index contributed by atoms with van der Waals surface area (Å²) >= 11 is 1.43. The van der Waals surface area contributed by atoms with Crippen LogP contribution >= 0.6 is 11.8 Å². The number of sulfone groups is 1. The molecule has 2 N–H and O–H groups in total. The average Bonchev–Trinajstić information content (AvgIpc) is 2.71. The number of carbonyl (C=O) groups is 1. The van der Waals surface area contributed by atoms with E-state index in [-0.39, 0.29) is 29.3 Å². The molecule has 1 amide bonds. The summed E-state index contributed by atoms with van der Waals surface area (Å²) in [6.07, 6.45) is 2.28. The average molecular weight is 309 g/mol. The van der Waals surface area contributed by atoms with Crippen molar-refractivity contribution in [2.45, 2.75) is 31.4 Å². The summed E-state index contributed by atoms with van der Waals surface area (Å²) in [5, 5.41) is 11.8. The van der Waals surface area contributed by atoms with Gasteiger partial charge in [0.05, 0.1) is 17.3 Å². The third-order valence-electron chi connectivity index (χ3n) is 3.34. The molecule has 0 aromatic heterocycles. The molecule has 0 spiro atoms. The van der Waals surface area contributed by atoms with E-state index in [0.717, 1.165) is 6.42 Å². The van der Waals surface area contributed by atoms with E-state index in [1.165, 1.54) is 11.8 Å². The summed E-state index contributed by atoms with van der Waals surface area (Å²) in [7, 11) is -2.86. The molecule has 112 valence electrons. The van der Waals surface area contributed by atoms with Crippen molar-refractivity contribution in [1.82, 2.24) is 5.32 Å². The molecule has 0 radical (unpaired) electrons. The predicted molar refractivity (Wildman–Crippen MR) is 78.0 cm³/mol. The van der Waals surface area contributed by atoms with Crippen molar-refractivity contribution in [3.63, 3.8) is 0 Å². The molecule has 2 unspecified atom stereocenters. The zero-order chi connectivity index (χ0) is 14.3. The Morgan fingerprint density at radius 2 is 2.26 bits per heavy atom. The van der Waals surface area contributed by atoms with Crippen LogP contribution in [0, 0.1) is 5.92 Å². The van der Waals surface area contributed by atoms with E-state index in [9.17, 15) is 13.2 Å². The van der Waals surface area contributed by atoms with Gasteiger partial charge in [0.2, 0.25) is 5.91 Å². The van der Waals surface area contributed by atoms with Crippen LogP contribution < -0.4 is 5.32 Å². The number of hydrogen-bond donors (Lipinski definition) is 2. The van der Waals surface area contributed by atoms with E-state index in [1.54, 1.807) is 0 Å². The first kappa shape index (κ1) is 16.8. The quantitative estimate of drug-likeness (QED) is 0.679. The van der Waals surface area contributed by atoms with Gasteiger partial charge in [0.15, 0.2) is 9.84 Å². The van der Waals surface area contributed by atoms with Crippen LogP contribution in [0.2, 0.25) is 0 Å². The Morgan fingerprint density at radius 3 is 2.79 bits per heavy atom. The summed E-state index contributed by atoms with van der Waals surface area (Å²) in [5.74, 6) is 1.03. The van der Waals surface area contributed by atoms with Crippen LogP contribution in [0.25, 0.3) is 0 Å². The molecule has 0 saturated carbocycles. The van der Waals surface area contributed by atoms with Crippen molar-refractivity contribution in [3.8, 4) is 0 Å². The number of aliphatic hydroxyl groups is 1. The zero-order valence-electron chi connectivity index (χ0n) is 11.3. The maximum atomic E-state index is 11.6. The van der Waals surface area contributed by atoms with Crippen LogP contribution in [0.15, 0.2) is 0 Å². The molecule has 2 atom stereocenters. The highest BCUT2D eigenvalue weighted by molar-refractivity contribution is 8.02. The van der Waals surface area contributed by atoms with Gasteiger partial charge in [0.1, 0.15) is 0 Å². The van der Waals surface area contributed by atoms with Gasteiger partial charge in [-0.15, -0.1) is 11.8 Å². The third-order valence-corrected chi connectivity index (χ3v) is 6.62. The van der Waals surface area contributed by atoms with Crippen molar-refractivity contribution in [2.75, 3.05) is 30.4 Å². The molecule has 1 aliphatic rings. The molecule has 5 nitrogen and oxygen atoms in total. The largest absolute Gasteiger partial charge is 0.396 e. The Labute approximate surface area is 119 Å². The minimum absolute atomic E-state index is 0.0503. The van der Waals surface area contributed by atoms with Crippen LogP contribution in [-0.2, 0) is 14.6 Å². The van der Waals surface area contributed by atoms with Gasteiger partial charge in [-0.3, -0.25) is 4.79 Å². The number of nitrogens with one attached hydrogen (secondary N) is 1. The van der Waals surface area contributed by atoms with Crippen LogP contribution in [0.1, 0.15) is 26.2 Å². The van der Waals surface area contributed by atoms with Crippen molar-refractivity contribution < 1.29 is 18.3 Å². The smallest absolute Gasteiger partial charge is 0.230 e. The number of thioether (sulfide) groups is 1. The topological polar surface area (TPSA) is 83.5 Å². The first-order valence-electron chi connectivity index (χ1n) is 6.66. The number of carbonyl (C=O) groups excluding carboxylic acids is 1. The standard InChI is InChI=1S/C12H23NO4S2/c1-2-10(3-5-14)7-13-12(15)8-18-11-4-6-19(16,17)9-11/h10-11,14H,2-9H2,1H3,(H,13,15). The number of aliphatic hydroxyl groups excluding tert-OH is 1. The lowest BCUT2D eigenvalue weighted by molar-refractivity contribution is -0.118. The van der Waals surface area contributed by atoms with E-state index >= 15 is 0 Å². The molecule has 0 aromatic carbocycles. The van der Waals surface area contributed by atoms with Crippen molar-refractivity contribution in [3.05, 3.63) is 0 Å². The summed E-state index contributed by atoms with van der Waals surface area (Å²) in [6.45, 7) is 2.76. The minimum Gasteiger partial charge on any atom is -0.396 e. The van der Waals surface area contributed by atoms with Crippen molar-refractivity contribution >= 4 is 27.5 Å². The molecule has 0 bridgehead atoms. The molecule has 1 rings (SSSR count). The van der Waals surface area contributed by atoms with E-state index < -0.39 is 9.84 Å². The Hall–Kier alpha value is -0.270. The summed E-state index contributed by atoms with van der Waals surface area (Å²) in [4.78, 5) is 11.6. The van der Waals surface area contributed by atoms with E-state index in [2.05, 4.69) is 5.32 Å². The van der Waals surface area contributed by atoms with Gasteiger partial charge in [-0.25, -0.2) is 8.42 Å². The number of amides is 1. The highest BCUT2D eigenvalue weighted by atomic mass is 32.2. The maximum Gasteiger partial charge on any atom is 0.230 e. The molecule has 1 saturated heterocycles. The molecular formula is C12H23NO4S2. The number of rotatable bonds is 8. The van der Waals surface area contributed by atoms with Crippen LogP contribution in [0.4, 0.5) is 0 Å². The molecule has 0 aromatic rings. The normalized spacial score (nSPS) is 23.2. The Bertz CT molecular complexity index is 383. The number of hydrogen-bond acceptors (Lipinski definition) is 5. The van der Waals surface area contributed by atoms with Crippen molar-refractivity contribution in [2.24, 2.45) is 5.92 Å². The van der Waals surface area contributed by atoms with Gasteiger partial charge in [0.25, 0.3) is 0 Å². The zero-order valence-corrected chi connectivity index (χ0v) is 12.9. The van der Waals surface area contributed by atoms with Gasteiger partial charge in [0, 0.05) is 18.4 Å². The second-order valence-corrected chi connectivity index (χ2v) is 8.44.